The van der Waals surface area contributed by atoms with Gasteiger partial charge in [0.2, 0.25) is 0 Å². The first-order valence-electron chi connectivity index (χ1n) is 6.48. The minimum absolute atomic E-state index is 0.287. The number of allylic oxidation sites excluding steroid dienone is 6. The van der Waals surface area contributed by atoms with E-state index in [4.69, 9.17) is 0 Å². The Labute approximate surface area is 118 Å². The molecule has 0 bridgehead atoms. The number of fused-ring (bicyclic) bond motifs is 1. The maximum absolute atomic E-state index is 12.4. The highest BCUT2D eigenvalue weighted by Gasteiger charge is 2.29. The molecule has 0 aliphatic heterocycles. The fourth-order valence-electron chi connectivity index (χ4n) is 2.08. The lowest BCUT2D eigenvalue weighted by Gasteiger charge is -2.35. The zero-order valence-corrected chi connectivity index (χ0v) is 12.2. The van der Waals surface area contributed by atoms with Crippen LogP contribution in [0.5, 0.6) is 0 Å². The zero-order chi connectivity index (χ0) is 14.9. The fraction of sp³-hybridized carbons (Fsp3) is 0.333. The third kappa shape index (κ3) is 2.52. The first kappa shape index (κ1) is 14.1. The van der Waals surface area contributed by atoms with Gasteiger partial charge in [0.1, 0.15) is 0 Å². The Balaban J connectivity index is 2.21. The molecule has 2 rings (SSSR count). The van der Waals surface area contributed by atoms with Gasteiger partial charge in [-0.2, -0.15) is 0 Å². The van der Waals surface area contributed by atoms with Crippen molar-refractivity contribution in [3.63, 3.8) is 0 Å². The van der Waals surface area contributed by atoms with Crippen LogP contribution in [0.3, 0.4) is 0 Å². The maximum atomic E-state index is 12.4. The van der Waals surface area contributed by atoms with Gasteiger partial charge in [0.15, 0.2) is 0 Å². The van der Waals surface area contributed by atoms with Crippen LogP contribution in [0, 0.1) is 0 Å². The molecule has 0 saturated heterocycles. The molecule has 0 aromatic rings. The molecule has 0 unspecified atom stereocenters. The Kier molecular flexibility index (Phi) is 3.53. The molecule has 5 nitrogen and oxygen atoms in total. The molecular formula is C15H19N3O2. The van der Waals surface area contributed by atoms with Crippen LogP contribution >= 0.6 is 0 Å². The van der Waals surface area contributed by atoms with Crippen LogP contribution in [-0.2, 0) is 4.79 Å². The van der Waals surface area contributed by atoms with E-state index in [0.29, 0.717) is 5.57 Å². The maximum Gasteiger partial charge on any atom is 0.336 e. The number of urea groups is 1. The van der Waals surface area contributed by atoms with Crippen LogP contribution in [0.2, 0.25) is 0 Å². The van der Waals surface area contributed by atoms with Crippen molar-refractivity contribution in [1.82, 2.24) is 15.8 Å². The van der Waals surface area contributed by atoms with E-state index in [1.165, 1.54) is 12.1 Å². The van der Waals surface area contributed by atoms with Crippen LogP contribution in [0.1, 0.15) is 20.8 Å². The normalized spacial score (nSPS) is 16.1. The van der Waals surface area contributed by atoms with Gasteiger partial charge in [-0.05, 0) is 38.0 Å². The van der Waals surface area contributed by atoms with Crippen molar-refractivity contribution in [2.45, 2.75) is 26.3 Å². The standard InChI is InChI=1S/C15H19N3O2/c1-15(2,3)18(14(20)16-4)17-13(19)12-9-8-10-6-5-7-11(10)12/h5-9H,1-4H3,(H,16,20)(H,17,19). The summed E-state index contributed by atoms with van der Waals surface area (Å²) in [4.78, 5) is 24.2. The lowest BCUT2D eigenvalue weighted by Crippen LogP contribution is -2.58. The molecule has 0 heterocycles. The SMILES string of the molecule is CNC(=O)N(NC(=O)C1=C2C=CC=C2C=C1)C(C)(C)C. The summed E-state index contributed by atoms with van der Waals surface area (Å²) in [7, 11) is 1.53. The molecular weight excluding hydrogens is 254 g/mol. The minimum Gasteiger partial charge on any atom is -0.340 e. The number of hydrogen-bond acceptors (Lipinski definition) is 2. The monoisotopic (exact) mass is 273 g/mol. The van der Waals surface area contributed by atoms with E-state index in [2.05, 4.69) is 10.7 Å². The fourth-order valence-corrected chi connectivity index (χ4v) is 2.08. The van der Waals surface area contributed by atoms with Gasteiger partial charge in [-0.1, -0.05) is 24.3 Å². The molecule has 0 radical (unpaired) electrons. The predicted octanol–water partition coefficient (Wildman–Crippen LogP) is 1.82. The summed E-state index contributed by atoms with van der Waals surface area (Å²) in [5.41, 5.74) is 4.65. The van der Waals surface area contributed by atoms with Crippen LogP contribution in [0.4, 0.5) is 4.79 Å². The van der Waals surface area contributed by atoms with Crippen molar-refractivity contribution in [3.05, 3.63) is 47.1 Å². The second-order valence-electron chi connectivity index (χ2n) is 5.64. The van der Waals surface area contributed by atoms with Gasteiger partial charge in [-0.25, -0.2) is 9.80 Å². The van der Waals surface area contributed by atoms with Gasteiger partial charge in [-0.15, -0.1) is 0 Å². The average molecular weight is 273 g/mol. The van der Waals surface area contributed by atoms with E-state index < -0.39 is 5.54 Å². The Hall–Kier alpha value is -2.30. The number of nitrogens with one attached hydrogen (secondary N) is 2. The molecule has 0 saturated carbocycles. The molecule has 0 aromatic carbocycles. The van der Waals surface area contributed by atoms with E-state index >= 15 is 0 Å². The number of amides is 3. The summed E-state index contributed by atoms with van der Waals surface area (Å²) in [6, 6.07) is -0.351. The summed E-state index contributed by atoms with van der Waals surface area (Å²) < 4.78 is 0. The number of nitrogens with zero attached hydrogens (tertiary/aromatic N) is 1. The van der Waals surface area contributed by atoms with Crippen LogP contribution in [-0.4, -0.2) is 29.5 Å². The van der Waals surface area contributed by atoms with E-state index in [0.717, 1.165) is 11.1 Å². The summed E-state index contributed by atoms with van der Waals surface area (Å²) in [6.45, 7) is 5.56. The molecule has 2 N–H and O–H groups in total. The summed E-state index contributed by atoms with van der Waals surface area (Å²) in [5.74, 6) is -0.287. The zero-order valence-electron chi connectivity index (χ0n) is 12.2. The molecule has 0 fully saturated rings. The highest BCUT2D eigenvalue weighted by atomic mass is 16.2. The van der Waals surface area contributed by atoms with Gasteiger partial charge in [0.05, 0.1) is 5.54 Å². The molecule has 2 aliphatic rings. The lowest BCUT2D eigenvalue weighted by molar-refractivity contribution is -0.122. The van der Waals surface area contributed by atoms with Crippen molar-refractivity contribution in [2.24, 2.45) is 0 Å². The van der Waals surface area contributed by atoms with E-state index in [-0.39, 0.29) is 11.9 Å². The van der Waals surface area contributed by atoms with Gasteiger partial charge < -0.3 is 5.32 Å². The van der Waals surface area contributed by atoms with E-state index in [9.17, 15) is 9.59 Å². The van der Waals surface area contributed by atoms with Crippen LogP contribution in [0.25, 0.3) is 0 Å². The molecule has 3 amide bonds. The Morgan fingerprint density at radius 1 is 1.15 bits per heavy atom. The molecule has 20 heavy (non-hydrogen) atoms. The second-order valence-corrected chi connectivity index (χ2v) is 5.64. The number of rotatable bonds is 1. The van der Waals surface area contributed by atoms with Crippen LogP contribution in [0.15, 0.2) is 47.1 Å². The summed E-state index contributed by atoms with van der Waals surface area (Å²) >= 11 is 0. The number of carbonyl (C=O) groups excluding carboxylic acids is 2. The quantitative estimate of drug-likeness (QED) is 0.716. The first-order valence-corrected chi connectivity index (χ1v) is 6.48. The molecule has 0 spiro atoms. The molecule has 0 aromatic heterocycles. The molecule has 2 aliphatic carbocycles. The van der Waals surface area contributed by atoms with Gasteiger partial charge in [-0.3, -0.25) is 10.2 Å². The lowest BCUT2D eigenvalue weighted by atomic mass is 10.1. The largest absolute Gasteiger partial charge is 0.340 e. The summed E-state index contributed by atoms with van der Waals surface area (Å²) in [5, 5.41) is 3.83. The Bertz CT molecular complexity index is 574. The van der Waals surface area contributed by atoms with Crippen molar-refractivity contribution >= 4 is 11.9 Å². The molecule has 0 atom stereocenters. The highest BCUT2D eigenvalue weighted by Crippen LogP contribution is 2.30. The van der Waals surface area contributed by atoms with Crippen LogP contribution < -0.4 is 10.7 Å². The van der Waals surface area contributed by atoms with E-state index in [1.807, 2.05) is 45.1 Å². The van der Waals surface area contributed by atoms with Crippen molar-refractivity contribution in [3.8, 4) is 0 Å². The smallest absolute Gasteiger partial charge is 0.336 e. The van der Waals surface area contributed by atoms with Gasteiger partial charge in [0.25, 0.3) is 5.91 Å². The molecule has 5 heteroatoms. The van der Waals surface area contributed by atoms with Crippen molar-refractivity contribution < 1.29 is 9.59 Å². The number of hydrogen-bond donors (Lipinski definition) is 2. The average Bonchev–Trinajstić information content (AvgIpc) is 2.95. The van der Waals surface area contributed by atoms with Crippen molar-refractivity contribution in [1.29, 1.82) is 0 Å². The highest BCUT2D eigenvalue weighted by molar-refractivity contribution is 6.01. The third-order valence-corrected chi connectivity index (χ3v) is 3.12. The Morgan fingerprint density at radius 3 is 2.45 bits per heavy atom. The Morgan fingerprint density at radius 2 is 1.85 bits per heavy atom. The van der Waals surface area contributed by atoms with Crippen molar-refractivity contribution in [2.75, 3.05) is 7.05 Å². The minimum atomic E-state index is -0.520. The first-order chi connectivity index (χ1) is 9.34. The second kappa shape index (κ2) is 5.00. The summed E-state index contributed by atoms with van der Waals surface area (Å²) in [6.07, 6.45) is 9.41. The number of carbonyl (C=O) groups is 2. The number of hydrazine groups is 1. The van der Waals surface area contributed by atoms with Gasteiger partial charge in [0, 0.05) is 12.6 Å². The molecule has 106 valence electrons. The predicted molar refractivity (Wildman–Crippen MR) is 77.6 cm³/mol. The van der Waals surface area contributed by atoms with Gasteiger partial charge >= 0.3 is 6.03 Å². The third-order valence-electron chi connectivity index (χ3n) is 3.12. The van der Waals surface area contributed by atoms with E-state index in [1.54, 1.807) is 6.08 Å². The topological polar surface area (TPSA) is 61.4 Å².